The minimum atomic E-state index is -0.598. The quantitative estimate of drug-likeness (QED) is 0.180. The summed E-state index contributed by atoms with van der Waals surface area (Å²) in [5.41, 5.74) is 11.5. The Morgan fingerprint density at radius 3 is 1.53 bits per heavy atom. The second kappa shape index (κ2) is 12.7. The van der Waals surface area contributed by atoms with Crippen molar-refractivity contribution in [2.45, 2.75) is 5.41 Å². The van der Waals surface area contributed by atoms with Gasteiger partial charge in [0.2, 0.25) is 0 Å². The van der Waals surface area contributed by atoms with Crippen molar-refractivity contribution in [3.8, 4) is 67.9 Å². The van der Waals surface area contributed by atoms with E-state index in [1.165, 1.54) is 27.6 Å². The van der Waals surface area contributed by atoms with Gasteiger partial charge in [0.1, 0.15) is 11.5 Å². The first-order valence-electron chi connectivity index (χ1n) is 19.7. The van der Waals surface area contributed by atoms with Crippen LogP contribution in [-0.2, 0) is 5.41 Å². The molecular weight excluding hydrogens is 707 g/mol. The average Bonchev–Trinajstić information content (AvgIpc) is 3.59. The molecule has 4 nitrogen and oxygen atoms in total. The van der Waals surface area contributed by atoms with Crippen molar-refractivity contribution in [2.24, 2.45) is 0 Å². The van der Waals surface area contributed by atoms with Crippen LogP contribution in [0.5, 0.6) is 11.5 Å². The zero-order valence-corrected chi connectivity index (χ0v) is 31.3. The highest BCUT2D eigenvalue weighted by Gasteiger charge is 2.51. The lowest BCUT2D eigenvalue weighted by molar-refractivity contribution is 0.436. The molecule has 1 aliphatic heterocycles. The number of benzene rings is 9. The molecule has 0 fully saturated rings. The SMILES string of the molecule is c1ccc(-c2ccc3ccc(-c4nc(-c5ccc6ccccc6c5)nc(-c5cccc6c5-c5ccccc5C65c6ccccc6Oc6ccccc65)n4)cc3c2)cc1. The van der Waals surface area contributed by atoms with Crippen LogP contribution in [0.1, 0.15) is 22.3 Å². The molecular formula is C54H33N3O. The van der Waals surface area contributed by atoms with Crippen LogP contribution in [0.15, 0.2) is 200 Å². The van der Waals surface area contributed by atoms with Gasteiger partial charge < -0.3 is 4.74 Å². The lowest BCUT2D eigenvalue weighted by Gasteiger charge is -2.39. The zero-order chi connectivity index (χ0) is 38.2. The Bertz CT molecular complexity index is 3230. The van der Waals surface area contributed by atoms with E-state index in [4.69, 9.17) is 19.7 Å². The van der Waals surface area contributed by atoms with Crippen LogP contribution in [0, 0.1) is 0 Å². The fourth-order valence-corrected chi connectivity index (χ4v) is 9.37. The van der Waals surface area contributed by atoms with E-state index in [0.717, 1.165) is 66.6 Å². The van der Waals surface area contributed by atoms with Crippen molar-refractivity contribution in [3.63, 3.8) is 0 Å². The normalized spacial score (nSPS) is 13.1. The fraction of sp³-hybridized carbons (Fsp3) is 0.0185. The minimum Gasteiger partial charge on any atom is -0.457 e. The number of hydrogen-bond donors (Lipinski definition) is 0. The van der Waals surface area contributed by atoms with Gasteiger partial charge in [-0.3, -0.25) is 0 Å². The molecule has 0 bridgehead atoms. The highest BCUT2D eigenvalue weighted by molar-refractivity contribution is 5.96. The molecule has 12 rings (SSSR count). The van der Waals surface area contributed by atoms with E-state index >= 15 is 0 Å². The number of nitrogens with zero attached hydrogens (tertiary/aromatic N) is 3. The van der Waals surface area contributed by atoms with Gasteiger partial charge in [-0.05, 0) is 85.3 Å². The molecule has 0 N–H and O–H groups in total. The highest BCUT2D eigenvalue weighted by atomic mass is 16.5. The van der Waals surface area contributed by atoms with Gasteiger partial charge >= 0.3 is 0 Å². The number of aromatic nitrogens is 3. The second-order valence-electron chi connectivity index (χ2n) is 15.1. The largest absolute Gasteiger partial charge is 0.457 e. The van der Waals surface area contributed by atoms with Crippen molar-refractivity contribution < 1.29 is 4.74 Å². The molecule has 0 saturated carbocycles. The van der Waals surface area contributed by atoms with Gasteiger partial charge in [-0.2, -0.15) is 0 Å². The van der Waals surface area contributed by atoms with Crippen LogP contribution in [-0.4, -0.2) is 15.0 Å². The summed E-state index contributed by atoms with van der Waals surface area (Å²) in [6.45, 7) is 0. The number of fused-ring (bicyclic) bond motifs is 11. The first-order valence-corrected chi connectivity index (χ1v) is 19.7. The zero-order valence-electron chi connectivity index (χ0n) is 31.3. The molecule has 0 amide bonds. The van der Waals surface area contributed by atoms with Crippen LogP contribution >= 0.6 is 0 Å². The number of ether oxygens (including phenoxy) is 1. The summed E-state index contributed by atoms with van der Waals surface area (Å²) >= 11 is 0. The van der Waals surface area contributed by atoms with E-state index in [9.17, 15) is 0 Å². The maximum absolute atomic E-state index is 6.60. The monoisotopic (exact) mass is 739 g/mol. The second-order valence-corrected chi connectivity index (χ2v) is 15.1. The van der Waals surface area contributed by atoms with E-state index in [1.807, 2.05) is 0 Å². The number of rotatable bonds is 4. The molecule has 0 saturated heterocycles. The summed E-state index contributed by atoms with van der Waals surface area (Å²) in [5, 5.41) is 4.59. The minimum absolute atomic E-state index is 0.598. The summed E-state index contributed by atoms with van der Waals surface area (Å²) in [6, 6.07) is 70.8. The predicted octanol–water partition coefficient (Wildman–Crippen LogP) is 13.3. The summed E-state index contributed by atoms with van der Waals surface area (Å²) < 4.78 is 6.60. The van der Waals surface area contributed by atoms with E-state index < -0.39 is 5.41 Å². The standard InChI is InChI=1S/C54H33N3O/c1-2-13-34(14-3-1)38-28-25-36-27-30-40(33-41(36)32-38)52-55-51(39-29-26-35-15-4-5-16-37(35)31-39)56-53(57-52)43-18-12-22-47-50(43)42-17-6-7-19-44(42)54(47)45-20-8-10-23-48(45)58-49-24-11-9-21-46(49)54/h1-33H. The van der Waals surface area contributed by atoms with Crippen LogP contribution in [0.2, 0.25) is 0 Å². The first-order chi connectivity index (χ1) is 28.7. The van der Waals surface area contributed by atoms with Crippen LogP contribution in [0.25, 0.3) is 78.0 Å². The molecule has 1 aliphatic carbocycles. The first kappa shape index (κ1) is 32.5. The summed E-state index contributed by atoms with van der Waals surface area (Å²) in [7, 11) is 0. The smallest absolute Gasteiger partial charge is 0.164 e. The molecule has 0 radical (unpaired) electrons. The Hall–Kier alpha value is -7.69. The lowest BCUT2D eigenvalue weighted by Crippen LogP contribution is -2.32. The van der Waals surface area contributed by atoms with Gasteiger partial charge in [0.15, 0.2) is 17.5 Å². The molecule has 1 aromatic heterocycles. The molecule has 0 atom stereocenters. The third kappa shape index (κ3) is 4.85. The van der Waals surface area contributed by atoms with E-state index in [-0.39, 0.29) is 0 Å². The Morgan fingerprint density at radius 1 is 0.310 bits per heavy atom. The molecule has 2 aliphatic rings. The van der Waals surface area contributed by atoms with E-state index in [1.54, 1.807) is 0 Å². The number of para-hydroxylation sites is 2. The van der Waals surface area contributed by atoms with E-state index in [2.05, 4.69) is 200 Å². The van der Waals surface area contributed by atoms with Crippen molar-refractivity contribution in [2.75, 3.05) is 0 Å². The van der Waals surface area contributed by atoms with Gasteiger partial charge in [-0.25, -0.2) is 15.0 Å². The maximum Gasteiger partial charge on any atom is 0.164 e. The molecule has 10 aromatic rings. The van der Waals surface area contributed by atoms with Gasteiger partial charge in [-0.1, -0.05) is 170 Å². The Balaban J connectivity index is 1.11. The molecule has 270 valence electrons. The Morgan fingerprint density at radius 2 is 0.810 bits per heavy atom. The van der Waals surface area contributed by atoms with Crippen LogP contribution < -0.4 is 4.74 Å². The molecule has 1 spiro atoms. The van der Waals surface area contributed by atoms with Crippen molar-refractivity contribution in [1.29, 1.82) is 0 Å². The summed E-state index contributed by atoms with van der Waals surface area (Å²) in [6.07, 6.45) is 0. The van der Waals surface area contributed by atoms with Gasteiger partial charge in [0.25, 0.3) is 0 Å². The molecule has 9 aromatic carbocycles. The van der Waals surface area contributed by atoms with Crippen LogP contribution in [0.3, 0.4) is 0 Å². The topological polar surface area (TPSA) is 47.9 Å². The van der Waals surface area contributed by atoms with Gasteiger partial charge in [0.05, 0.1) is 5.41 Å². The molecule has 4 heteroatoms. The maximum atomic E-state index is 6.60. The van der Waals surface area contributed by atoms with Crippen molar-refractivity contribution in [1.82, 2.24) is 15.0 Å². The molecule has 58 heavy (non-hydrogen) atoms. The predicted molar refractivity (Wildman–Crippen MR) is 234 cm³/mol. The fourth-order valence-electron chi connectivity index (χ4n) is 9.37. The van der Waals surface area contributed by atoms with E-state index in [0.29, 0.717) is 17.5 Å². The van der Waals surface area contributed by atoms with Gasteiger partial charge in [-0.15, -0.1) is 0 Å². The summed E-state index contributed by atoms with van der Waals surface area (Å²) in [4.78, 5) is 16.0. The summed E-state index contributed by atoms with van der Waals surface area (Å²) in [5.74, 6) is 3.61. The highest BCUT2D eigenvalue weighted by Crippen LogP contribution is 2.63. The van der Waals surface area contributed by atoms with Crippen molar-refractivity contribution >= 4 is 21.5 Å². The molecule has 2 heterocycles. The molecule has 0 unspecified atom stereocenters. The lowest BCUT2D eigenvalue weighted by atomic mass is 9.66. The number of hydrogen-bond acceptors (Lipinski definition) is 4. The third-order valence-corrected chi connectivity index (χ3v) is 12.0. The van der Waals surface area contributed by atoms with Crippen LogP contribution in [0.4, 0.5) is 0 Å². The van der Waals surface area contributed by atoms with Crippen molar-refractivity contribution in [3.05, 3.63) is 222 Å². The Kier molecular flexibility index (Phi) is 7.11. The van der Waals surface area contributed by atoms with Gasteiger partial charge in [0, 0.05) is 27.8 Å². The average molecular weight is 740 g/mol. The third-order valence-electron chi connectivity index (χ3n) is 12.0. The Labute approximate surface area is 335 Å².